The Bertz CT molecular complexity index is 617. The minimum atomic E-state index is -1.21. The topological polar surface area (TPSA) is 37.3 Å². The molecule has 1 unspecified atom stereocenters. The summed E-state index contributed by atoms with van der Waals surface area (Å²) >= 11 is 0. The molecule has 2 aromatic rings. The van der Waals surface area contributed by atoms with Crippen LogP contribution in [0.5, 0.6) is 5.75 Å². The third-order valence-corrected chi connectivity index (χ3v) is 5.34. The van der Waals surface area contributed by atoms with Crippen molar-refractivity contribution < 1.29 is 9.32 Å². The molecular weight excluding hydrogens is 256 g/mol. The molecule has 0 aromatic heterocycles. The molecule has 100 valence electrons. The van der Waals surface area contributed by atoms with Crippen molar-refractivity contribution in [2.24, 2.45) is 0 Å². The van der Waals surface area contributed by atoms with Crippen LogP contribution in [0.25, 0.3) is 0 Å². The summed E-state index contributed by atoms with van der Waals surface area (Å²) in [4.78, 5) is 1.61. The first kappa shape index (κ1) is 13.8. The van der Waals surface area contributed by atoms with Crippen molar-refractivity contribution in [1.82, 2.24) is 0 Å². The highest BCUT2D eigenvalue weighted by Gasteiger charge is 2.19. The molecule has 19 heavy (non-hydrogen) atoms. The van der Waals surface area contributed by atoms with Crippen molar-refractivity contribution in [3.63, 3.8) is 0 Å². The van der Waals surface area contributed by atoms with E-state index in [4.69, 9.17) is 0 Å². The Kier molecular flexibility index (Phi) is 3.76. The second-order valence-corrected chi connectivity index (χ2v) is 6.18. The average molecular weight is 274 g/mol. The molecule has 0 aliphatic heterocycles. The molecule has 0 aliphatic rings. The first-order valence-corrected chi connectivity index (χ1v) is 7.36. The first-order chi connectivity index (χ1) is 8.95. The van der Waals surface area contributed by atoms with Gasteiger partial charge in [-0.05, 0) is 62.1 Å². The summed E-state index contributed by atoms with van der Waals surface area (Å²) in [7, 11) is -1.21. The number of hydrogen-bond donors (Lipinski definition) is 1. The molecule has 0 amide bonds. The van der Waals surface area contributed by atoms with Crippen LogP contribution in [0.15, 0.2) is 40.1 Å². The van der Waals surface area contributed by atoms with Crippen molar-refractivity contribution in [2.45, 2.75) is 37.5 Å². The molecule has 0 radical (unpaired) electrons. The van der Waals surface area contributed by atoms with Crippen LogP contribution in [-0.4, -0.2) is 9.32 Å². The molecule has 1 atom stereocenters. The maximum atomic E-state index is 12.7. The largest absolute Gasteiger partial charge is 0.507 e. The highest BCUT2D eigenvalue weighted by Crippen LogP contribution is 2.34. The molecule has 0 fully saturated rings. The van der Waals surface area contributed by atoms with E-state index >= 15 is 0 Å². The Morgan fingerprint density at radius 1 is 0.842 bits per heavy atom. The van der Waals surface area contributed by atoms with E-state index in [1.165, 1.54) is 0 Å². The number of benzene rings is 2. The molecule has 0 spiro atoms. The summed E-state index contributed by atoms with van der Waals surface area (Å²) < 4.78 is 12.7. The van der Waals surface area contributed by atoms with Gasteiger partial charge in [-0.15, -0.1) is 0 Å². The van der Waals surface area contributed by atoms with Crippen LogP contribution in [0.3, 0.4) is 0 Å². The Morgan fingerprint density at radius 2 is 1.32 bits per heavy atom. The van der Waals surface area contributed by atoms with E-state index in [-0.39, 0.29) is 0 Å². The SMILES string of the molecule is Cc1c(C)c(S(=O)c2ccccc2)c(C)c(C)c1O. The third kappa shape index (κ3) is 2.30. The lowest BCUT2D eigenvalue weighted by Crippen LogP contribution is -2.03. The highest BCUT2D eigenvalue weighted by molar-refractivity contribution is 7.85. The number of aromatic hydroxyl groups is 1. The van der Waals surface area contributed by atoms with Crippen LogP contribution in [-0.2, 0) is 10.8 Å². The third-order valence-electron chi connectivity index (χ3n) is 3.66. The maximum Gasteiger partial charge on any atom is 0.121 e. The van der Waals surface area contributed by atoms with Crippen LogP contribution in [0.4, 0.5) is 0 Å². The number of phenols is 1. The zero-order valence-corrected chi connectivity index (χ0v) is 12.5. The lowest BCUT2D eigenvalue weighted by molar-refractivity contribution is 0.464. The van der Waals surface area contributed by atoms with Crippen molar-refractivity contribution in [2.75, 3.05) is 0 Å². The van der Waals surface area contributed by atoms with Gasteiger partial charge in [0.05, 0.1) is 15.7 Å². The van der Waals surface area contributed by atoms with E-state index in [0.29, 0.717) is 5.75 Å². The van der Waals surface area contributed by atoms with Gasteiger partial charge in [-0.25, -0.2) is 4.21 Å². The van der Waals surface area contributed by atoms with E-state index in [0.717, 1.165) is 32.0 Å². The van der Waals surface area contributed by atoms with Gasteiger partial charge in [-0.1, -0.05) is 18.2 Å². The standard InChI is InChI=1S/C16H18O2S/c1-10-12(3)16(13(4)11(2)15(10)17)19(18)14-8-6-5-7-9-14/h5-9,17H,1-4H3. The van der Waals surface area contributed by atoms with Crippen LogP contribution in [0.1, 0.15) is 22.3 Å². The minimum absolute atomic E-state index is 0.309. The number of phenolic OH excluding ortho intramolecular Hbond substituents is 1. The summed E-state index contributed by atoms with van der Waals surface area (Å²) in [5.41, 5.74) is 3.43. The van der Waals surface area contributed by atoms with Gasteiger partial charge >= 0.3 is 0 Å². The minimum Gasteiger partial charge on any atom is -0.507 e. The molecule has 2 nitrogen and oxygen atoms in total. The summed E-state index contributed by atoms with van der Waals surface area (Å²) in [6.07, 6.45) is 0. The zero-order valence-electron chi connectivity index (χ0n) is 11.7. The lowest BCUT2D eigenvalue weighted by Gasteiger charge is -2.16. The molecule has 0 saturated carbocycles. The van der Waals surface area contributed by atoms with E-state index in [1.54, 1.807) is 0 Å². The van der Waals surface area contributed by atoms with Gasteiger partial charge in [0, 0.05) is 4.90 Å². The molecular formula is C16H18O2S. The molecule has 3 heteroatoms. The van der Waals surface area contributed by atoms with Crippen LogP contribution in [0.2, 0.25) is 0 Å². The molecule has 0 heterocycles. The maximum absolute atomic E-state index is 12.7. The van der Waals surface area contributed by atoms with Gasteiger partial charge in [0.25, 0.3) is 0 Å². The van der Waals surface area contributed by atoms with Crippen molar-refractivity contribution in [3.05, 3.63) is 52.6 Å². The summed E-state index contributed by atoms with van der Waals surface area (Å²) in [6.45, 7) is 7.56. The van der Waals surface area contributed by atoms with Gasteiger partial charge in [0.2, 0.25) is 0 Å². The van der Waals surface area contributed by atoms with Crippen molar-refractivity contribution >= 4 is 10.8 Å². The molecule has 2 aromatic carbocycles. The summed E-state index contributed by atoms with van der Waals surface area (Å²) in [5, 5.41) is 10.0. The zero-order chi connectivity index (χ0) is 14.2. The van der Waals surface area contributed by atoms with E-state index < -0.39 is 10.8 Å². The molecule has 0 aliphatic carbocycles. The van der Waals surface area contributed by atoms with Gasteiger partial charge in [0.15, 0.2) is 0 Å². The molecule has 0 saturated heterocycles. The average Bonchev–Trinajstić information content (AvgIpc) is 2.44. The number of rotatable bonds is 2. The fraction of sp³-hybridized carbons (Fsp3) is 0.250. The monoisotopic (exact) mass is 274 g/mol. The van der Waals surface area contributed by atoms with Crippen LogP contribution in [0, 0.1) is 27.7 Å². The van der Waals surface area contributed by atoms with E-state index in [1.807, 2.05) is 58.0 Å². The first-order valence-electron chi connectivity index (χ1n) is 6.21. The van der Waals surface area contributed by atoms with Gasteiger partial charge < -0.3 is 5.11 Å². The normalized spacial score (nSPS) is 12.4. The van der Waals surface area contributed by atoms with Gasteiger partial charge in [-0.3, -0.25) is 0 Å². The quantitative estimate of drug-likeness (QED) is 0.904. The summed E-state index contributed by atoms with van der Waals surface area (Å²) in [5.74, 6) is 0.309. The predicted octanol–water partition coefficient (Wildman–Crippen LogP) is 3.79. The Balaban J connectivity index is 2.67. The van der Waals surface area contributed by atoms with Crippen molar-refractivity contribution in [1.29, 1.82) is 0 Å². The lowest BCUT2D eigenvalue weighted by atomic mass is 10.00. The molecule has 0 bridgehead atoms. The van der Waals surface area contributed by atoms with Gasteiger partial charge in [-0.2, -0.15) is 0 Å². The number of hydrogen-bond acceptors (Lipinski definition) is 2. The Hall–Kier alpha value is -1.61. The van der Waals surface area contributed by atoms with E-state index in [9.17, 15) is 9.32 Å². The Morgan fingerprint density at radius 3 is 1.79 bits per heavy atom. The Labute approximate surface area is 116 Å². The van der Waals surface area contributed by atoms with Crippen LogP contribution < -0.4 is 0 Å². The molecule has 1 N–H and O–H groups in total. The summed E-state index contributed by atoms with van der Waals surface area (Å²) in [6, 6.07) is 9.42. The van der Waals surface area contributed by atoms with Gasteiger partial charge in [0.1, 0.15) is 5.75 Å². The molecule has 2 rings (SSSR count). The van der Waals surface area contributed by atoms with Crippen molar-refractivity contribution in [3.8, 4) is 5.75 Å². The fourth-order valence-electron chi connectivity index (χ4n) is 2.20. The predicted molar refractivity (Wildman–Crippen MR) is 78.2 cm³/mol. The smallest absolute Gasteiger partial charge is 0.121 e. The second-order valence-electron chi connectivity index (χ2n) is 4.76. The highest BCUT2D eigenvalue weighted by atomic mass is 32.2. The fourth-order valence-corrected chi connectivity index (χ4v) is 3.70. The van der Waals surface area contributed by atoms with E-state index in [2.05, 4.69) is 0 Å². The second kappa shape index (κ2) is 5.17. The van der Waals surface area contributed by atoms with Crippen LogP contribution >= 0.6 is 0 Å².